The van der Waals surface area contributed by atoms with Gasteiger partial charge in [-0.05, 0) is 50.9 Å². The van der Waals surface area contributed by atoms with E-state index in [4.69, 9.17) is 9.47 Å². The Morgan fingerprint density at radius 1 is 0.491 bits per heavy atom. The first-order valence-corrected chi connectivity index (χ1v) is 21.5. The fourth-order valence-electron chi connectivity index (χ4n) is 5.73. The average molecular weight is 741 g/mol. The van der Waals surface area contributed by atoms with Gasteiger partial charge in [-0.15, -0.1) is 0 Å². The van der Waals surface area contributed by atoms with Gasteiger partial charge < -0.3 is 19.7 Å². The number of aliphatic hydroxyl groups is 2. The predicted octanol–water partition coefficient (Wildman–Crippen LogP) is 12.6. The van der Waals surface area contributed by atoms with E-state index in [1.807, 2.05) is 12.2 Å². The second-order valence-corrected chi connectivity index (χ2v) is 14.8. The number of allylic oxidation sites excluding steroid dienone is 11. The van der Waals surface area contributed by atoms with Crippen LogP contribution in [0.15, 0.2) is 72.9 Å². The molecule has 0 aliphatic rings. The molecule has 0 amide bonds. The lowest BCUT2D eigenvalue weighted by Gasteiger charge is -2.12. The van der Waals surface area contributed by atoms with Gasteiger partial charge in [0, 0.05) is 12.8 Å². The van der Waals surface area contributed by atoms with Crippen molar-refractivity contribution in [3.05, 3.63) is 72.9 Å². The molecule has 0 aromatic carbocycles. The fourth-order valence-corrected chi connectivity index (χ4v) is 5.73. The second-order valence-electron chi connectivity index (χ2n) is 14.8. The largest absolute Gasteiger partial charge is 0.463 e. The number of aliphatic hydroxyl groups excluding tert-OH is 2. The number of ether oxygens (including phenoxy) is 2. The van der Waals surface area contributed by atoms with E-state index in [0.717, 1.165) is 57.3 Å². The van der Waals surface area contributed by atoms with E-state index < -0.39 is 18.2 Å². The standard InChI is InChI=1S/C47H80O6/c1-4-5-6-7-8-9-10-11-12-16-19-22-25-28-31-34-37-44(48)39-40-47(51)53-42-45(49)41-52-46(50)38-35-32-29-26-23-20-17-14-13-15-18-21-24-27-30-33-36-43(2)3/h5-6,8-9,11-12,19,22,28,31,34,37,43-45,48-49H,4,7,10,13-18,20-21,23-27,29-30,32-33,35-36,38-42H2,1-3H3/b6-5-,9-8-,12-11-,22-19-,31-28-,37-34-/t44?,45-/m0/s1. The van der Waals surface area contributed by atoms with Crippen molar-refractivity contribution in [3.63, 3.8) is 0 Å². The molecule has 0 bridgehead atoms. The summed E-state index contributed by atoms with van der Waals surface area (Å²) in [6.45, 7) is 6.34. The van der Waals surface area contributed by atoms with E-state index in [1.54, 1.807) is 12.2 Å². The lowest BCUT2D eigenvalue weighted by atomic mass is 10.0. The molecular weight excluding hydrogens is 661 g/mol. The van der Waals surface area contributed by atoms with Crippen molar-refractivity contribution >= 4 is 11.9 Å². The zero-order chi connectivity index (χ0) is 38.9. The topological polar surface area (TPSA) is 93.1 Å². The van der Waals surface area contributed by atoms with Crippen LogP contribution in [-0.4, -0.2) is 47.6 Å². The summed E-state index contributed by atoms with van der Waals surface area (Å²) in [7, 11) is 0. The molecule has 2 atom stereocenters. The van der Waals surface area contributed by atoms with E-state index in [0.29, 0.717) is 6.42 Å². The van der Waals surface area contributed by atoms with Crippen LogP contribution in [0.4, 0.5) is 0 Å². The van der Waals surface area contributed by atoms with Crippen LogP contribution >= 0.6 is 0 Å². The number of carbonyl (C=O) groups excluding carboxylic acids is 2. The van der Waals surface area contributed by atoms with E-state index in [-0.39, 0.29) is 32.0 Å². The molecule has 0 aliphatic carbocycles. The third kappa shape index (κ3) is 41.9. The summed E-state index contributed by atoms with van der Waals surface area (Å²) in [5.41, 5.74) is 0. The SMILES string of the molecule is CC/C=C\C/C=C\C/C=C\C/C=C\C/C=C\C=C/C(O)CCC(=O)OC[C@@H](O)COC(=O)CCCCCCCCCCCCCCCCCCC(C)C. The average Bonchev–Trinajstić information content (AvgIpc) is 3.14. The van der Waals surface area contributed by atoms with Gasteiger partial charge in [0.2, 0.25) is 0 Å². The van der Waals surface area contributed by atoms with Crippen LogP contribution in [0.5, 0.6) is 0 Å². The van der Waals surface area contributed by atoms with Gasteiger partial charge in [-0.2, -0.15) is 0 Å². The molecule has 0 fully saturated rings. The predicted molar refractivity (Wildman–Crippen MR) is 225 cm³/mol. The quantitative estimate of drug-likeness (QED) is 0.0285. The van der Waals surface area contributed by atoms with Gasteiger partial charge in [0.15, 0.2) is 0 Å². The highest BCUT2D eigenvalue weighted by atomic mass is 16.6. The van der Waals surface area contributed by atoms with Crippen LogP contribution in [0.1, 0.15) is 181 Å². The summed E-state index contributed by atoms with van der Waals surface area (Å²) in [5.74, 6) is 0.0116. The van der Waals surface area contributed by atoms with E-state index in [1.165, 1.54) is 89.9 Å². The van der Waals surface area contributed by atoms with E-state index in [9.17, 15) is 19.8 Å². The Hall–Kier alpha value is -2.70. The van der Waals surface area contributed by atoms with E-state index >= 15 is 0 Å². The first kappa shape index (κ1) is 50.3. The minimum absolute atomic E-state index is 0.0304. The lowest BCUT2D eigenvalue weighted by molar-refractivity contribution is -0.152. The molecule has 0 aromatic rings. The number of esters is 2. The Bertz CT molecular complexity index is 1000. The second kappa shape index (κ2) is 40.5. The molecule has 53 heavy (non-hydrogen) atoms. The fraction of sp³-hybridized carbons (Fsp3) is 0.702. The molecule has 304 valence electrons. The van der Waals surface area contributed by atoms with Gasteiger partial charge in [0.1, 0.15) is 19.3 Å². The zero-order valence-corrected chi connectivity index (χ0v) is 34.3. The molecule has 0 spiro atoms. The van der Waals surface area contributed by atoms with Crippen molar-refractivity contribution < 1.29 is 29.3 Å². The first-order valence-electron chi connectivity index (χ1n) is 21.5. The van der Waals surface area contributed by atoms with E-state index in [2.05, 4.69) is 69.4 Å². The molecule has 0 heterocycles. The van der Waals surface area contributed by atoms with Crippen LogP contribution in [0.2, 0.25) is 0 Å². The van der Waals surface area contributed by atoms with Crippen molar-refractivity contribution in [1.82, 2.24) is 0 Å². The van der Waals surface area contributed by atoms with Gasteiger partial charge in [-0.25, -0.2) is 0 Å². The third-order valence-electron chi connectivity index (χ3n) is 9.00. The molecule has 0 aliphatic heterocycles. The Kier molecular flexibility index (Phi) is 38.4. The van der Waals surface area contributed by atoms with Gasteiger partial charge in [-0.1, -0.05) is 196 Å². The Morgan fingerprint density at radius 2 is 0.887 bits per heavy atom. The third-order valence-corrected chi connectivity index (χ3v) is 9.00. The minimum atomic E-state index is -1.06. The Balaban J connectivity index is 3.63. The monoisotopic (exact) mass is 741 g/mol. The molecule has 1 unspecified atom stereocenters. The Labute approximate surface area is 326 Å². The van der Waals surface area contributed by atoms with Gasteiger partial charge in [0.25, 0.3) is 0 Å². The summed E-state index contributed by atoms with van der Waals surface area (Å²) >= 11 is 0. The molecule has 0 saturated carbocycles. The van der Waals surface area contributed by atoms with Crippen molar-refractivity contribution in [2.24, 2.45) is 5.92 Å². The molecule has 0 aromatic heterocycles. The van der Waals surface area contributed by atoms with Gasteiger partial charge in [-0.3, -0.25) is 9.59 Å². The number of unbranched alkanes of at least 4 members (excludes halogenated alkanes) is 15. The zero-order valence-electron chi connectivity index (χ0n) is 34.3. The van der Waals surface area contributed by atoms with Gasteiger partial charge in [0.05, 0.1) is 6.10 Å². The smallest absolute Gasteiger partial charge is 0.305 e. The van der Waals surface area contributed by atoms with Crippen molar-refractivity contribution in [2.75, 3.05) is 13.2 Å². The lowest BCUT2D eigenvalue weighted by Crippen LogP contribution is -2.25. The van der Waals surface area contributed by atoms with Crippen LogP contribution in [0, 0.1) is 5.92 Å². The van der Waals surface area contributed by atoms with Crippen molar-refractivity contribution in [3.8, 4) is 0 Å². The van der Waals surface area contributed by atoms with Gasteiger partial charge >= 0.3 is 11.9 Å². The molecule has 0 saturated heterocycles. The number of carbonyl (C=O) groups is 2. The number of hydrogen-bond acceptors (Lipinski definition) is 6. The molecule has 2 N–H and O–H groups in total. The number of rotatable bonds is 37. The summed E-state index contributed by atoms with van der Waals surface area (Å²) in [5, 5.41) is 20.1. The molecular formula is C47H80O6. The summed E-state index contributed by atoms with van der Waals surface area (Å²) in [6, 6.07) is 0. The highest BCUT2D eigenvalue weighted by molar-refractivity contribution is 5.69. The van der Waals surface area contributed by atoms with Crippen molar-refractivity contribution in [2.45, 2.75) is 193 Å². The van der Waals surface area contributed by atoms with Crippen molar-refractivity contribution in [1.29, 1.82) is 0 Å². The normalized spacial score (nSPS) is 13.6. The first-order chi connectivity index (χ1) is 25.8. The summed E-state index contributed by atoms with van der Waals surface area (Å²) in [6.07, 6.45) is 50.1. The maximum absolute atomic E-state index is 12.0. The maximum Gasteiger partial charge on any atom is 0.305 e. The highest BCUT2D eigenvalue weighted by Gasteiger charge is 2.13. The van der Waals surface area contributed by atoms with Crippen LogP contribution in [0.3, 0.4) is 0 Å². The summed E-state index contributed by atoms with van der Waals surface area (Å²) < 4.78 is 10.2. The van der Waals surface area contributed by atoms with Crippen LogP contribution < -0.4 is 0 Å². The van der Waals surface area contributed by atoms with Crippen LogP contribution in [0.25, 0.3) is 0 Å². The highest BCUT2D eigenvalue weighted by Crippen LogP contribution is 2.15. The summed E-state index contributed by atoms with van der Waals surface area (Å²) in [4.78, 5) is 24.0. The molecule has 0 radical (unpaired) electrons. The molecule has 6 nitrogen and oxygen atoms in total. The number of hydrogen-bond donors (Lipinski definition) is 2. The minimum Gasteiger partial charge on any atom is -0.463 e. The molecule has 0 rings (SSSR count). The molecule has 6 heteroatoms. The Morgan fingerprint density at radius 3 is 1.34 bits per heavy atom. The maximum atomic E-state index is 12.0. The van der Waals surface area contributed by atoms with Crippen LogP contribution in [-0.2, 0) is 19.1 Å².